The summed E-state index contributed by atoms with van der Waals surface area (Å²) in [6, 6.07) is 43.3. The fourth-order valence-electron chi connectivity index (χ4n) is 4.36. The molecule has 146 valence electrons. The van der Waals surface area contributed by atoms with Gasteiger partial charge in [0.2, 0.25) is 0 Å². The van der Waals surface area contributed by atoms with Crippen molar-refractivity contribution in [2.45, 2.75) is 0 Å². The summed E-state index contributed by atoms with van der Waals surface area (Å²) in [6.45, 7) is 0. The van der Waals surface area contributed by atoms with Crippen molar-refractivity contribution in [2.75, 3.05) is 5.32 Å². The van der Waals surface area contributed by atoms with Crippen molar-refractivity contribution >= 4 is 43.7 Å². The summed E-state index contributed by atoms with van der Waals surface area (Å²) in [5, 5.41) is 11.2. The highest BCUT2D eigenvalue weighted by Gasteiger charge is 2.04. The van der Waals surface area contributed by atoms with Crippen LogP contribution in [-0.2, 0) is 0 Å². The molecule has 0 saturated carbocycles. The third kappa shape index (κ3) is 3.31. The maximum atomic E-state index is 3.57. The SMILES string of the molecule is c1ccc2cc(-c3ccc(Nc4ccc5ccc6ccccc6c5c4)cc3)ccc2c1. The maximum Gasteiger partial charge on any atom is 0.0390 e. The van der Waals surface area contributed by atoms with E-state index in [9.17, 15) is 0 Å². The van der Waals surface area contributed by atoms with Crippen LogP contribution in [-0.4, -0.2) is 0 Å². The highest BCUT2D eigenvalue weighted by Crippen LogP contribution is 2.30. The van der Waals surface area contributed by atoms with Crippen molar-refractivity contribution in [3.05, 3.63) is 121 Å². The smallest absolute Gasteiger partial charge is 0.0390 e. The molecule has 0 amide bonds. The van der Waals surface area contributed by atoms with E-state index in [1.54, 1.807) is 0 Å². The van der Waals surface area contributed by atoms with Gasteiger partial charge >= 0.3 is 0 Å². The predicted octanol–water partition coefficient (Wildman–Crippen LogP) is 8.56. The van der Waals surface area contributed by atoms with E-state index < -0.39 is 0 Å². The molecule has 0 aromatic heterocycles. The minimum Gasteiger partial charge on any atom is -0.356 e. The maximum absolute atomic E-state index is 3.57. The molecular formula is C30H21N. The Bertz CT molecular complexity index is 1540. The first kappa shape index (κ1) is 17.7. The van der Waals surface area contributed by atoms with Crippen LogP contribution < -0.4 is 5.32 Å². The minimum absolute atomic E-state index is 1.09. The quantitative estimate of drug-likeness (QED) is 0.296. The van der Waals surface area contributed by atoms with Gasteiger partial charge in [-0.3, -0.25) is 0 Å². The molecule has 0 unspecified atom stereocenters. The lowest BCUT2D eigenvalue weighted by atomic mass is 10.0. The van der Waals surface area contributed by atoms with Crippen molar-refractivity contribution in [3.8, 4) is 11.1 Å². The Morgan fingerprint density at radius 1 is 0.355 bits per heavy atom. The Hall–Kier alpha value is -4.10. The number of fused-ring (bicyclic) bond motifs is 4. The van der Waals surface area contributed by atoms with Crippen LogP contribution in [0.4, 0.5) is 11.4 Å². The van der Waals surface area contributed by atoms with E-state index in [0.717, 1.165) is 11.4 Å². The lowest BCUT2D eigenvalue weighted by Crippen LogP contribution is -1.90. The van der Waals surface area contributed by atoms with Gasteiger partial charge in [-0.2, -0.15) is 0 Å². The van der Waals surface area contributed by atoms with E-state index in [0.29, 0.717) is 0 Å². The minimum atomic E-state index is 1.09. The number of benzene rings is 6. The standard InChI is InChI=1S/C30H21N/c1-2-7-25-19-26(12-9-21(25)5-1)22-13-16-27(17-14-22)31-28-18-15-24-11-10-23-6-3-4-8-29(23)30(24)20-28/h1-20,31H. The molecular weight excluding hydrogens is 374 g/mol. The molecule has 31 heavy (non-hydrogen) atoms. The first-order valence-electron chi connectivity index (χ1n) is 10.6. The summed E-state index contributed by atoms with van der Waals surface area (Å²) in [7, 11) is 0. The van der Waals surface area contributed by atoms with E-state index in [1.165, 1.54) is 43.4 Å². The Balaban J connectivity index is 1.31. The average Bonchev–Trinajstić information content (AvgIpc) is 2.84. The zero-order chi connectivity index (χ0) is 20.6. The molecule has 0 saturated heterocycles. The fraction of sp³-hybridized carbons (Fsp3) is 0. The second kappa shape index (κ2) is 7.30. The topological polar surface area (TPSA) is 12.0 Å². The predicted molar refractivity (Wildman–Crippen MR) is 134 cm³/mol. The summed E-state index contributed by atoms with van der Waals surface area (Å²) >= 11 is 0. The van der Waals surface area contributed by atoms with Crippen molar-refractivity contribution in [1.82, 2.24) is 0 Å². The molecule has 6 aromatic carbocycles. The Morgan fingerprint density at radius 2 is 0.935 bits per heavy atom. The summed E-state index contributed by atoms with van der Waals surface area (Å²) in [4.78, 5) is 0. The fourth-order valence-corrected chi connectivity index (χ4v) is 4.36. The molecule has 0 fully saturated rings. The van der Waals surface area contributed by atoms with E-state index in [2.05, 4.69) is 127 Å². The van der Waals surface area contributed by atoms with Crippen LogP contribution in [0.5, 0.6) is 0 Å². The third-order valence-electron chi connectivity index (χ3n) is 6.00. The van der Waals surface area contributed by atoms with Crippen LogP contribution in [0.15, 0.2) is 121 Å². The van der Waals surface area contributed by atoms with Gasteiger partial charge in [0.05, 0.1) is 0 Å². The number of hydrogen-bond donors (Lipinski definition) is 1. The molecule has 0 aliphatic carbocycles. The third-order valence-corrected chi connectivity index (χ3v) is 6.00. The number of anilines is 2. The normalized spacial score (nSPS) is 11.2. The van der Waals surface area contributed by atoms with Gasteiger partial charge < -0.3 is 5.32 Å². The molecule has 0 bridgehead atoms. The van der Waals surface area contributed by atoms with Crippen LogP contribution in [0.3, 0.4) is 0 Å². The molecule has 6 aromatic rings. The first-order valence-corrected chi connectivity index (χ1v) is 10.6. The van der Waals surface area contributed by atoms with Crippen LogP contribution in [0.25, 0.3) is 43.4 Å². The summed E-state index contributed by atoms with van der Waals surface area (Å²) < 4.78 is 0. The van der Waals surface area contributed by atoms with Gasteiger partial charge in [-0.1, -0.05) is 91.0 Å². The zero-order valence-corrected chi connectivity index (χ0v) is 17.0. The van der Waals surface area contributed by atoms with Gasteiger partial charge in [-0.25, -0.2) is 0 Å². The van der Waals surface area contributed by atoms with Gasteiger partial charge in [0.15, 0.2) is 0 Å². The van der Waals surface area contributed by atoms with Gasteiger partial charge in [-0.15, -0.1) is 0 Å². The Labute approximate surface area is 181 Å². The second-order valence-corrected chi connectivity index (χ2v) is 7.99. The summed E-state index contributed by atoms with van der Waals surface area (Å²) in [5.41, 5.74) is 4.65. The molecule has 1 nitrogen and oxygen atoms in total. The van der Waals surface area contributed by atoms with E-state index in [-0.39, 0.29) is 0 Å². The van der Waals surface area contributed by atoms with Crippen molar-refractivity contribution in [2.24, 2.45) is 0 Å². The highest BCUT2D eigenvalue weighted by atomic mass is 14.9. The molecule has 0 aliphatic heterocycles. The second-order valence-electron chi connectivity index (χ2n) is 7.99. The molecule has 1 N–H and O–H groups in total. The molecule has 0 heterocycles. The van der Waals surface area contributed by atoms with Gasteiger partial charge in [-0.05, 0) is 73.8 Å². The van der Waals surface area contributed by atoms with Crippen LogP contribution in [0.2, 0.25) is 0 Å². The molecule has 1 heteroatoms. The number of hydrogen-bond acceptors (Lipinski definition) is 1. The largest absolute Gasteiger partial charge is 0.356 e. The monoisotopic (exact) mass is 395 g/mol. The van der Waals surface area contributed by atoms with Crippen LogP contribution in [0, 0.1) is 0 Å². The Kier molecular flexibility index (Phi) is 4.18. The molecule has 0 atom stereocenters. The van der Waals surface area contributed by atoms with Gasteiger partial charge in [0.25, 0.3) is 0 Å². The van der Waals surface area contributed by atoms with Crippen molar-refractivity contribution in [3.63, 3.8) is 0 Å². The average molecular weight is 396 g/mol. The van der Waals surface area contributed by atoms with E-state index in [1.807, 2.05) is 0 Å². The molecule has 6 rings (SSSR count). The highest BCUT2D eigenvalue weighted by molar-refractivity contribution is 6.08. The summed E-state index contributed by atoms with van der Waals surface area (Å²) in [5.74, 6) is 0. The van der Waals surface area contributed by atoms with Crippen molar-refractivity contribution in [1.29, 1.82) is 0 Å². The van der Waals surface area contributed by atoms with E-state index >= 15 is 0 Å². The van der Waals surface area contributed by atoms with Crippen molar-refractivity contribution < 1.29 is 0 Å². The van der Waals surface area contributed by atoms with Gasteiger partial charge in [0, 0.05) is 11.4 Å². The van der Waals surface area contributed by atoms with Gasteiger partial charge in [0.1, 0.15) is 0 Å². The van der Waals surface area contributed by atoms with Crippen LogP contribution in [0.1, 0.15) is 0 Å². The zero-order valence-electron chi connectivity index (χ0n) is 17.0. The van der Waals surface area contributed by atoms with E-state index in [4.69, 9.17) is 0 Å². The molecule has 0 spiro atoms. The first-order chi connectivity index (χ1) is 15.3. The molecule has 0 radical (unpaired) electrons. The lowest BCUT2D eigenvalue weighted by Gasteiger charge is -2.11. The Morgan fingerprint density at radius 3 is 1.77 bits per heavy atom. The summed E-state index contributed by atoms with van der Waals surface area (Å²) in [6.07, 6.45) is 0. The number of nitrogens with one attached hydrogen (secondary N) is 1. The lowest BCUT2D eigenvalue weighted by molar-refractivity contribution is 1.56. The number of rotatable bonds is 3. The molecule has 0 aliphatic rings. The van der Waals surface area contributed by atoms with Crippen LogP contribution >= 0.6 is 0 Å².